The largest absolute Gasteiger partial charge is 0.744 e. The van der Waals surface area contributed by atoms with Crippen LogP contribution in [0.3, 0.4) is 0 Å². The van der Waals surface area contributed by atoms with Crippen LogP contribution in [-0.2, 0) is 26.3 Å². The van der Waals surface area contributed by atoms with E-state index in [1.165, 1.54) is 12.1 Å². The standard InChI is InChI=1S/C10H13NO2.C7H8O3S/c1-8(11)10(12)13-7-9-5-3-2-4-6-9;1-6-2-4-7(5-3-6)11(8,9)10/h2-6,8H,7,11H2,1H3;2-5H,1H3,(H,8,9,10)/p-1/t8-;/m0./s1. The van der Waals surface area contributed by atoms with Gasteiger partial charge >= 0.3 is 5.97 Å². The molecule has 0 aromatic heterocycles. The van der Waals surface area contributed by atoms with E-state index in [2.05, 4.69) is 0 Å². The lowest BCUT2D eigenvalue weighted by molar-refractivity contribution is -0.146. The first kappa shape index (κ1) is 19.8. The van der Waals surface area contributed by atoms with Crippen molar-refractivity contribution in [1.82, 2.24) is 0 Å². The normalized spacial score (nSPS) is 11.8. The molecule has 0 aliphatic rings. The molecule has 1 atom stereocenters. The molecule has 0 aliphatic carbocycles. The van der Waals surface area contributed by atoms with Gasteiger partial charge < -0.3 is 15.0 Å². The minimum Gasteiger partial charge on any atom is -0.744 e. The minimum absolute atomic E-state index is 0.178. The molecule has 24 heavy (non-hydrogen) atoms. The summed E-state index contributed by atoms with van der Waals surface area (Å²) < 4.78 is 36.1. The average molecular weight is 350 g/mol. The highest BCUT2D eigenvalue weighted by Crippen LogP contribution is 2.08. The second-order valence-corrected chi connectivity index (χ2v) is 6.53. The average Bonchev–Trinajstić information content (AvgIpc) is 2.53. The van der Waals surface area contributed by atoms with Crippen LogP contribution in [0, 0.1) is 6.92 Å². The molecule has 6 nitrogen and oxygen atoms in total. The number of aryl methyl sites for hydroxylation is 1. The molecule has 0 saturated heterocycles. The van der Waals surface area contributed by atoms with E-state index in [0.29, 0.717) is 6.61 Å². The molecule has 2 aromatic carbocycles. The van der Waals surface area contributed by atoms with E-state index in [1.54, 1.807) is 19.1 Å². The Morgan fingerprint density at radius 1 is 1.12 bits per heavy atom. The van der Waals surface area contributed by atoms with Crippen LogP contribution in [0.2, 0.25) is 0 Å². The Hall–Kier alpha value is -2.22. The zero-order valence-electron chi connectivity index (χ0n) is 13.5. The van der Waals surface area contributed by atoms with Crippen molar-refractivity contribution < 1.29 is 22.5 Å². The Labute approximate surface area is 142 Å². The van der Waals surface area contributed by atoms with Crippen LogP contribution in [0.25, 0.3) is 0 Å². The van der Waals surface area contributed by atoms with Crippen molar-refractivity contribution >= 4 is 16.1 Å². The zero-order chi connectivity index (χ0) is 18.2. The Morgan fingerprint density at radius 3 is 2.12 bits per heavy atom. The predicted molar refractivity (Wildman–Crippen MR) is 89.0 cm³/mol. The van der Waals surface area contributed by atoms with Gasteiger partial charge in [-0.2, -0.15) is 0 Å². The summed E-state index contributed by atoms with van der Waals surface area (Å²) in [6.45, 7) is 3.72. The fourth-order valence-electron chi connectivity index (χ4n) is 1.57. The highest BCUT2D eigenvalue weighted by molar-refractivity contribution is 7.85. The second-order valence-electron chi connectivity index (χ2n) is 5.15. The molecule has 7 heteroatoms. The van der Waals surface area contributed by atoms with Crippen LogP contribution in [0.4, 0.5) is 0 Å². The molecule has 2 rings (SSSR count). The summed E-state index contributed by atoms with van der Waals surface area (Å²) in [7, 11) is -4.27. The molecule has 130 valence electrons. The first-order valence-electron chi connectivity index (χ1n) is 7.19. The van der Waals surface area contributed by atoms with E-state index in [1.807, 2.05) is 37.3 Å². The van der Waals surface area contributed by atoms with Gasteiger partial charge in [-0.3, -0.25) is 4.79 Å². The Bertz CT molecular complexity index is 740. The van der Waals surface area contributed by atoms with E-state index in [4.69, 9.17) is 10.5 Å². The quantitative estimate of drug-likeness (QED) is 0.667. The van der Waals surface area contributed by atoms with Gasteiger partial charge in [0.05, 0.1) is 4.90 Å². The zero-order valence-corrected chi connectivity index (χ0v) is 14.3. The van der Waals surface area contributed by atoms with Crippen molar-refractivity contribution in [3.63, 3.8) is 0 Å². The highest BCUT2D eigenvalue weighted by atomic mass is 32.2. The van der Waals surface area contributed by atoms with Gasteiger partial charge in [0.2, 0.25) is 0 Å². The number of rotatable bonds is 4. The van der Waals surface area contributed by atoms with Crippen molar-refractivity contribution in [2.75, 3.05) is 0 Å². The topological polar surface area (TPSA) is 110 Å². The number of hydrogen-bond donors (Lipinski definition) is 1. The summed E-state index contributed by atoms with van der Waals surface area (Å²) in [5.41, 5.74) is 7.22. The molecule has 0 saturated carbocycles. The summed E-state index contributed by atoms with van der Waals surface area (Å²) >= 11 is 0. The maximum Gasteiger partial charge on any atom is 0.322 e. The molecule has 2 N–H and O–H groups in total. The molecule has 2 aromatic rings. The molecule has 0 unspecified atom stereocenters. The van der Waals surface area contributed by atoms with Gasteiger partial charge in [0.25, 0.3) is 0 Å². The lowest BCUT2D eigenvalue weighted by Gasteiger charge is -2.06. The summed E-state index contributed by atoms with van der Waals surface area (Å²) in [6, 6.07) is 14.7. The van der Waals surface area contributed by atoms with E-state index >= 15 is 0 Å². The summed E-state index contributed by atoms with van der Waals surface area (Å²) in [5, 5.41) is 0. The number of esters is 1. The number of benzene rings is 2. The number of hydrogen-bond acceptors (Lipinski definition) is 6. The number of nitrogens with two attached hydrogens (primary N) is 1. The van der Waals surface area contributed by atoms with Gasteiger partial charge in [-0.15, -0.1) is 0 Å². The van der Waals surface area contributed by atoms with E-state index in [9.17, 15) is 17.8 Å². The van der Waals surface area contributed by atoms with Crippen molar-refractivity contribution in [2.24, 2.45) is 5.73 Å². The third-order valence-corrected chi connectivity index (χ3v) is 3.75. The van der Waals surface area contributed by atoms with Crippen LogP contribution in [-0.4, -0.2) is 25.0 Å². The first-order chi connectivity index (χ1) is 11.2. The smallest absolute Gasteiger partial charge is 0.322 e. The fourth-order valence-corrected chi connectivity index (χ4v) is 2.03. The molecule has 0 amide bonds. The van der Waals surface area contributed by atoms with Gasteiger partial charge in [0, 0.05) is 0 Å². The van der Waals surface area contributed by atoms with Gasteiger partial charge in [0.15, 0.2) is 0 Å². The van der Waals surface area contributed by atoms with Gasteiger partial charge in [-0.1, -0.05) is 48.0 Å². The number of carbonyl (C=O) groups is 1. The second kappa shape index (κ2) is 9.17. The Kier molecular flexibility index (Phi) is 7.57. The maximum absolute atomic E-state index is 11.0. The molecule has 0 spiro atoms. The van der Waals surface area contributed by atoms with E-state index in [-0.39, 0.29) is 10.9 Å². The lowest BCUT2D eigenvalue weighted by Crippen LogP contribution is -2.28. The van der Waals surface area contributed by atoms with Crippen LogP contribution in [0.5, 0.6) is 0 Å². The maximum atomic E-state index is 11.0. The molecule has 0 fully saturated rings. The molecular formula is C17H20NO5S-. The third-order valence-electron chi connectivity index (χ3n) is 2.91. The summed E-state index contributed by atoms with van der Waals surface area (Å²) in [4.78, 5) is 10.8. The third kappa shape index (κ3) is 7.36. The van der Waals surface area contributed by atoms with Crippen LogP contribution < -0.4 is 5.73 Å². The van der Waals surface area contributed by atoms with Gasteiger partial charge in [0.1, 0.15) is 22.8 Å². The van der Waals surface area contributed by atoms with Crippen molar-refractivity contribution in [1.29, 1.82) is 0 Å². The van der Waals surface area contributed by atoms with Gasteiger partial charge in [-0.25, -0.2) is 8.42 Å². The molecule has 0 heterocycles. The Balaban J connectivity index is 0.000000243. The predicted octanol–water partition coefficient (Wildman–Crippen LogP) is 1.98. The Morgan fingerprint density at radius 2 is 1.67 bits per heavy atom. The van der Waals surface area contributed by atoms with Crippen LogP contribution in [0.1, 0.15) is 18.1 Å². The first-order valence-corrected chi connectivity index (χ1v) is 8.59. The number of ether oxygens (including phenoxy) is 1. The van der Waals surface area contributed by atoms with Gasteiger partial charge in [-0.05, 0) is 31.5 Å². The fraction of sp³-hybridized carbons (Fsp3) is 0.235. The highest BCUT2D eigenvalue weighted by Gasteiger charge is 2.07. The lowest BCUT2D eigenvalue weighted by atomic mass is 10.2. The molecule has 0 radical (unpaired) electrons. The SMILES string of the molecule is C[C@H](N)C(=O)OCc1ccccc1.Cc1ccc(S(=O)(=O)[O-])cc1. The molecular weight excluding hydrogens is 330 g/mol. The van der Waals surface area contributed by atoms with Crippen LogP contribution in [0.15, 0.2) is 59.5 Å². The molecule has 0 bridgehead atoms. The monoisotopic (exact) mass is 350 g/mol. The van der Waals surface area contributed by atoms with Crippen molar-refractivity contribution in [3.05, 3.63) is 65.7 Å². The van der Waals surface area contributed by atoms with Crippen LogP contribution >= 0.6 is 0 Å². The van der Waals surface area contributed by atoms with E-state index < -0.39 is 16.2 Å². The van der Waals surface area contributed by atoms with Crippen molar-refractivity contribution in [2.45, 2.75) is 31.4 Å². The summed E-state index contributed by atoms with van der Waals surface area (Å²) in [6.07, 6.45) is 0. The molecule has 0 aliphatic heterocycles. The van der Waals surface area contributed by atoms with Crippen molar-refractivity contribution in [3.8, 4) is 0 Å². The summed E-state index contributed by atoms with van der Waals surface area (Å²) in [5.74, 6) is -0.371. The van der Waals surface area contributed by atoms with E-state index in [0.717, 1.165) is 11.1 Å². The number of carbonyl (C=O) groups excluding carboxylic acids is 1. The minimum atomic E-state index is -4.27.